The van der Waals surface area contributed by atoms with E-state index in [-0.39, 0.29) is 5.69 Å². The maximum Gasteiger partial charge on any atom is 0.414 e. The van der Waals surface area contributed by atoms with E-state index in [1.54, 1.807) is 20.8 Å². The fourth-order valence-corrected chi connectivity index (χ4v) is 1.49. The Morgan fingerprint density at radius 1 is 1.32 bits per heavy atom. The number of anilines is 1. The molecule has 0 aromatic heterocycles. The molecule has 0 unspecified atom stereocenters. The first kappa shape index (κ1) is 17.5. The molecular formula is C14H16F2N2O4. The number of carbonyl (C=O) groups excluding carboxylic acids is 1. The highest BCUT2D eigenvalue weighted by molar-refractivity contribution is 5.87. The summed E-state index contributed by atoms with van der Waals surface area (Å²) in [6, 6.07) is 1.79. The van der Waals surface area contributed by atoms with Gasteiger partial charge < -0.3 is 4.74 Å². The Kier molecular flexibility index (Phi) is 5.19. The molecule has 1 rings (SSSR count). The van der Waals surface area contributed by atoms with E-state index in [1.165, 1.54) is 7.05 Å². The first-order chi connectivity index (χ1) is 10.0. The van der Waals surface area contributed by atoms with Gasteiger partial charge in [0.2, 0.25) is 6.20 Å². The fourth-order valence-electron chi connectivity index (χ4n) is 1.49. The number of carbonyl (C=O) groups is 1. The molecule has 0 heterocycles. The zero-order valence-corrected chi connectivity index (χ0v) is 12.6. The largest absolute Gasteiger partial charge is 0.443 e. The van der Waals surface area contributed by atoms with Crippen molar-refractivity contribution in [1.82, 2.24) is 0 Å². The second-order valence-corrected chi connectivity index (χ2v) is 5.46. The highest BCUT2D eigenvalue weighted by Crippen LogP contribution is 2.24. The summed E-state index contributed by atoms with van der Waals surface area (Å²) in [6.45, 7) is 4.97. The second kappa shape index (κ2) is 6.50. The molecule has 0 spiro atoms. The summed E-state index contributed by atoms with van der Waals surface area (Å²) in [5.41, 5.74) is -1.38. The number of hydrogen-bond donors (Lipinski definition) is 0. The van der Waals surface area contributed by atoms with Gasteiger partial charge in [0.15, 0.2) is 0 Å². The summed E-state index contributed by atoms with van der Waals surface area (Å²) < 4.78 is 32.7. The quantitative estimate of drug-likeness (QED) is 0.631. The summed E-state index contributed by atoms with van der Waals surface area (Å²) in [5, 5.41) is 10.2. The lowest BCUT2D eigenvalue weighted by Crippen LogP contribution is -2.34. The van der Waals surface area contributed by atoms with Crippen LogP contribution >= 0.6 is 0 Å². The zero-order chi connectivity index (χ0) is 17.1. The van der Waals surface area contributed by atoms with Gasteiger partial charge in [-0.1, -0.05) is 0 Å². The molecule has 0 atom stereocenters. The zero-order valence-electron chi connectivity index (χ0n) is 12.6. The first-order valence-electron chi connectivity index (χ1n) is 6.28. The second-order valence-electron chi connectivity index (χ2n) is 5.46. The summed E-state index contributed by atoms with van der Waals surface area (Å²) in [6.07, 6.45) is 0.362. The molecule has 1 aromatic rings. The number of nitrogens with zero attached hydrogens (tertiary/aromatic N) is 2. The smallest absolute Gasteiger partial charge is 0.414 e. The van der Waals surface area contributed by atoms with Gasteiger partial charge in [-0.3, -0.25) is 15.0 Å². The lowest BCUT2D eigenvalue weighted by atomic mass is 10.1. The van der Waals surface area contributed by atoms with Gasteiger partial charge in [0, 0.05) is 13.1 Å². The van der Waals surface area contributed by atoms with Gasteiger partial charge in [-0.15, -0.1) is 0 Å². The van der Waals surface area contributed by atoms with Crippen molar-refractivity contribution in [2.75, 3.05) is 11.9 Å². The molecule has 1 aromatic carbocycles. The van der Waals surface area contributed by atoms with E-state index >= 15 is 0 Å². The topological polar surface area (TPSA) is 72.7 Å². The van der Waals surface area contributed by atoms with Gasteiger partial charge in [0.1, 0.15) is 17.2 Å². The summed E-state index contributed by atoms with van der Waals surface area (Å²) in [4.78, 5) is 22.1. The number of amides is 1. The van der Waals surface area contributed by atoms with E-state index in [2.05, 4.69) is 0 Å². The van der Waals surface area contributed by atoms with Gasteiger partial charge in [0.05, 0.1) is 16.2 Å². The SMILES string of the molecule is CN(C(=O)OC(C)(C)C)c1cc(F)c(/C=C/[N+](=O)[O-])c(F)c1. The maximum atomic E-state index is 13.8. The third kappa shape index (κ3) is 4.80. The normalized spacial score (nSPS) is 11.5. The molecule has 0 saturated carbocycles. The average molecular weight is 314 g/mol. The lowest BCUT2D eigenvalue weighted by molar-refractivity contribution is -0.401. The van der Waals surface area contributed by atoms with Crippen LogP contribution in [0.1, 0.15) is 26.3 Å². The van der Waals surface area contributed by atoms with E-state index in [0.717, 1.165) is 17.0 Å². The lowest BCUT2D eigenvalue weighted by Gasteiger charge is -2.24. The van der Waals surface area contributed by atoms with Crippen LogP contribution < -0.4 is 4.90 Å². The van der Waals surface area contributed by atoms with Crippen LogP contribution in [-0.4, -0.2) is 23.7 Å². The molecule has 0 radical (unpaired) electrons. The Morgan fingerprint density at radius 3 is 2.23 bits per heavy atom. The van der Waals surface area contributed by atoms with Gasteiger partial charge in [-0.2, -0.15) is 0 Å². The Bertz CT molecular complexity index is 601. The fraction of sp³-hybridized carbons (Fsp3) is 0.357. The van der Waals surface area contributed by atoms with Crippen molar-refractivity contribution >= 4 is 17.9 Å². The van der Waals surface area contributed by atoms with Crippen molar-refractivity contribution in [3.8, 4) is 0 Å². The third-order valence-corrected chi connectivity index (χ3v) is 2.48. The predicted molar refractivity (Wildman–Crippen MR) is 77.0 cm³/mol. The van der Waals surface area contributed by atoms with Crippen LogP contribution in [0, 0.1) is 21.7 Å². The Hall–Kier alpha value is -2.51. The predicted octanol–water partition coefficient (Wildman–Crippen LogP) is 3.58. The molecular weight excluding hydrogens is 298 g/mol. The molecule has 1 amide bonds. The van der Waals surface area contributed by atoms with Crippen molar-refractivity contribution in [2.45, 2.75) is 26.4 Å². The van der Waals surface area contributed by atoms with E-state index in [1.807, 2.05) is 0 Å². The van der Waals surface area contributed by atoms with Gasteiger partial charge in [-0.05, 0) is 32.9 Å². The number of halogens is 2. The number of ether oxygens (including phenoxy) is 1. The average Bonchev–Trinajstić information content (AvgIpc) is 2.34. The Morgan fingerprint density at radius 2 is 1.82 bits per heavy atom. The molecule has 0 aliphatic heterocycles. The number of benzene rings is 1. The number of rotatable bonds is 3. The van der Waals surface area contributed by atoms with Crippen LogP contribution in [0.2, 0.25) is 0 Å². The van der Waals surface area contributed by atoms with Crippen molar-refractivity contribution in [3.63, 3.8) is 0 Å². The van der Waals surface area contributed by atoms with E-state index < -0.39 is 33.8 Å². The van der Waals surface area contributed by atoms with E-state index in [4.69, 9.17) is 4.74 Å². The summed E-state index contributed by atoms with van der Waals surface area (Å²) in [7, 11) is 1.30. The van der Waals surface area contributed by atoms with E-state index in [9.17, 15) is 23.7 Å². The molecule has 0 N–H and O–H groups in total. The van der Waals surface area contributed by atoms with Crippen molar-refractivity contribution in [1.29, 1.82) is 0 Å². The van der Waals surface area contributed by atoms with Crippen LogP contribution in [0.15, 0.2) is 18.3 Å². The highest BCUT2D eigenvalue weighted by Gasteiger charge is 2.22. The van der Waals surface area contributed by atoms with Crippen LogP contribution in [-0.2, 0) is 4.74 Å². The molecule has 0 bridgehead atoms. The van der Waals surface area contributed by atoms with Gasteiger partial charge >= 0.3 is 6.09 Å². The molecule has 0 aliphatic rings. The summed E-state index contributed by atoms with van der Waals surface area (Å²) >= 11 is 0. The molecule has 0 saturated heterocycles. The minimum absolute atomic E-state index is 0.0671. The molecule has 6 nitrogen and oxygen atoms in total. The highest BCUT2D eigenvalue weighted by atomic mass is 19.1. The molecule has 0 fully saturated rings. The first-order valence-corrected chi connectivity index (χ1v) is 6.28. The molecule has 0 aliphatic carbocycles. The Labute approximate surface area is 126 Å². The molecule has 120 valence electrons. The van der Waals surface area contributed by atoms with Gasteiger partial charge in [0.25, 0.3) is 0 Å². The number of nitro groups is 1. The molecule has 22 heavy (non-hydrogen) atoms. The van der Waals surface area contributed by atoms with Crippen LogP contribution in [0.25, 0.3) is 6.08 Å². The van der Waals surface area contributed by atoms with Crippen LogP contribution in [0.3, 0.4) is 0 Å². The minimum atomic E-state index is -1.02. The summed E-state index contributed by atoms with van der Waals surface area (Å²) in [5.74, 6) is -2.05. The Balaban J connectivity index is 3.08. The minimum Gasteiger partial charge on any atom is -0.443 e. The van der Waals surface area contributed by atoms with Gasteiger partial charge in [-0.25, -0.2) is 13.6 Å². The molecule has 8 heteroatoms. The monoisotopic (exact) mass is 314 g/mol. The van der Waals surface area contributed by atoms with Crippen molar-refractivity contribution in [3.05, 3.63) is 45.6 Å². The van der Waals surface area contributed by atoms with Crippen molar-refractivity contribution in [2.24, 2.45) is 0 Å². The standard InChI is InChI=1S/C14H16F2N2O4/c1-14(2,3)22-13(19)17(4)9-7-11(15)10(12(16)8-9)5-6-18(20)21/h5-8H,1-4H3/b6-5+. The van der Waals surface area contributed by atoms with Crippen LogP contribution in [0.5, 0.6) is 0 Å². The van der Waals surface area contributed by atoms with E-state index in [0.29, 0.717) is 12.3 Å². The maximum absolute atomic E-state index is 13.8. The van der Waals surface area contributed by atoms with Crippen LogP contribution in [0.4, 0.5) is 19.3 Å². The number of hydrogen-bond acceptors (Lipinski definition) is 4. The van der Waals surface area contributed by atoms with Crippen molar-refractivity contribution < 1.29 is 23.2 Å². The third-order valence-electron chi connectivity index (χ3n) is 2.48.